The molecule has 1 aromatic carbocycles. The van der Waals surface area contributed by atoms with E-state index < -0.39 is 15.8 Å². The molecule has 7 heteroatoms. The van der Waals surface area contributed by atoms with Gasteiger partial charge in [0.15, 0.2) is 0 Å². The lowest BCUT2D eigenvalue weighted by atomic mass is 10.2. The standard InChI is InChI=1S/C12H18ClFN2O2S/c1-2-15-6-3-7-19(17,18)16-9-10-4-5-12(14)11(13)8-10/h4-5,8,15-16H,2-3,6-7,9H2,1H3. The summed E-state index contributed by atoms with van der Waals surface area (Å²) in [5, 5.41) is 3.05. The van der Waals surface area contributed by atoms with Crippen LogP contribution in [0.5, 0.6) is 0 Å². The zero-order chi connectivity index (χ0) is 14.3. The third-order valence-corrected chi connectivity index (χ3v) is 4.20. The number of halogens is 2. The number of sulfonamides is 1. The van der Waals surface area contributed by atoms with E-state index >= 15 is 0 Å². The van der Waals surface area contributed by atoms with Gasteiger partial charge in [-0.15, -0.1) is 0 Å². The number of nitrogens with one attached hydrogen (secondary N) is 2. The van der Waals surface area contributed by atoms with Gasteiger partial charge in [0, 0.05) is 6.54 Å². The largest absolute Gasteiger partial charge is 0.317 e. The molecule has 0 unspecified atom stereocenters. The number of hydrogen-bond acceptors (Lipinski definition) is 3. The minimum Gasteiger partial charge on any atom is -0.317 e. The Bertz CT molecular complexity index is 508. The van der Waals surface area contributed by atoms with Gasteiger partial charge in [0.05, 0.1) is 10.8 Å². The summed E-state index contributed by atoms with van der Waals surface area (Å²) in [6.07, 6.45) is 0.549. The topological polar surface area (TPSA) is 58.2 Å². The van der Waals surface area contributed by atoms with Gasteiger partial charge in [-0.05, 0) is 37.2 Å². The summed E-state index contributed by atoms with van der Waals surface area (Å²) in [4.78, 5) is 0. The highest BCUT2D eigenvalue weighted by Gasteiger charge is 2.10. The number of hydrogen-bond donors (Lipinski definition) is 2. The van der Waals surface area contributed by atoms with Crippen LogP contribution in [-0.2, 0) is 16.6 Å². The summed E-state index contributed by atoms with van der Waals surface area (Å²) < 4.78 is 38.7. The molecule has 0 aliphatic rings. The zero-order valence-electron chi connectivity index (χ0n) is 10.7. The Labute approximate surface area is 118 Å². The predicted molar refractivity (Wildman–Crippen MR) is 75.2 cm³/mol. The molecule has 0 atom stereocenters. The van der Waals surface area contributed by atoms with Crippen molar-refractivity contribution in [2.75, 3.05) is 18.8 Å². The lowest BCUT2D eigenvalue weighted by Gasteiger charge is -2.07. The van der Waals surface area contributed by atoms with E-state index in [1.807, 2.05) is 6.92 Å². The summed E-state index contributed by atoms with van der Waals surface area (Å²) >= 11 is 5.62. The van der Waals surface area contributed by atoms with E-state index in [1.165, 1.54) is 18.2 Å². The quantitative estimate of drug-likeness (QED) is 0.721. The second kappa shape index (κ2) is 7.79. The molecule has 0 aromatic heterocycles. The van der Waals surface area contributed by atoms with Crippen molar-refractivity contribution in [1.82, 2.24) is 10.0 Å². The molecule has 1 rings (SSSR count). The van der Waals surface area contributed by atoms with Crippen LogP contribution in [-0.4, -0.2) is 27.3 Å². The van der Waals surface area contributed by atoms with E-state index in [-0.39, 0.29) is 17.3 Å². The van der Waals surface area contributed by atoms with Crippen LogP contribution in [0.3, 0.4) is 0 Å². The van der Waals surface area contributed by atoms with Gasteiger partial charge in [-0.25, -0.2) is 17.5 Å². The Morgan fingerprint density at radius 1 is 1.37 bits per heavy atom. The second-order valence-electron chi connectivity index (χ2n) is 4.10. The summed E-state index contributed by atoms with van der Waals surface area (Å²) in [5.41, 5.74) is 0.627. The Morgan fingerprint density at radius 2 is 2.11 bits per heavy atom. The van der Waals surface area contributed by atoms with Gasteiger partial charge in [0.1, 0.15) is 5.82 Å². The van der Waals surface area contributed by atoms with Gasteiger partial charge in [-0.2, -0.15) is 0 Å². The van der Waals surface area contributed by atoms with Crippen LogP contribution in [0.4, 0.5) is 4.39 Å². The Balaban J connectivity index is 2.43. The molecule has 0 fully saturated rings. The molecule has 0 saturated heterocycles. The smallest absolute Gasteiger partial charge is 0.211 e. The van der Waals surface area contributed by atoms with Crippen LogP contribution in [0.25, 0.3) is 0 Å². The maximum Gasteiger partial charge on any atom is 0.211 e. The fourth-order valence-corrected chi connectivity index (χ4v) is 2.74. The van der Waals surface area contributed by atoms with Crippen LogP contribution in [0.1, 0.15) is 18.9 Å². The molecule has 0 bridgehead atoms. The molecule has 0 aliphatic carbocycles. The van der Waals surface area contributed by atoms with Gasteiger partial charge >= 0.3 is 0 Å². The third kappa shape index (κ3) is 6.33. The lowest BCUT2D eigenvalue weighted by molar-refractivity contribution is 0.575. The fraction of sp³-hybridized carbons (Fsp3) is 0.500. The number of rotatable bonds is 8. The normalized spacial score (nSPS) is 11.7. The second-order valence-corrected chi connectivity index (χ2v) is 6.43. The minimum absolute atomic E-state index is 0.0103. The maximum absolute atomic E-state index is 12.9. The first-order chi connectivity index (χ1) is 8.94. The third-order valence-electron chi connectivity index (χ3n) is 2.50. The van der Waals surface area contributed by atoms with Crippen molar-refractivity contribution >= 4 is 21.6 Å². The van der Waals surface area contributed by atoms with Crippen molar-refractivity contribution in [3.05, 3.63) is 34.6 Å². The predicted octanol–water partition coefficient (Wildman–Crippen LogP) is 1.90. The van der Waals surface area contributed by atoms with Crippen molar-refractivity contribution in [2.24, 2.45) is 0 Å². The molecule has 0 spiro atoms. The molecular formula is C12H18ClFN2O2S. The van der Waals surface area contributed by atoms with Gasteiger partial charge in [0.25, 0.3) is 0 Å². The molecule has 4 nitrogen and oxygen atoms in total. The number of benzene rings is 1. The molecule has 0 radical (unpaired) electrons. The van der Waals surface area contributed by atoms with Crippen molar-refractivity contribution < 1.29 is 12.8 Å². The summed E-state index contributed by atoms with van der Waals surface area (Å²) in [5.74, 6) is -0.450. The highest BCUT2D eigenvalue weighted by molar-refractivity contribution is 7.89. The molecule has 0 heterocycles. The van der Waals surface area contributed by atoms with E-state index in [1.54, 1.807) is 0 Å². The molecule has 19 heavy (non-hydrogen) atoms. The first-order valence-corrected chi connectivity index (χ1v) is 8.09. The lowest BCUT2D eigenvalue weighted by Crippen LogP contribution is -2.28. The highest BCUT2D eigenvalue weighted by atomic mass is 35.5. The summed E-state index contributed by atoms with van der Waals surface area (Å²) in [6, 6.07) is 4.14. The molecular weight excluding hydrogens is 291 g/mol. The Hall–Kier alpha value is -0.690. The molecule has 2 N–H and O–H groups in total. The van der Waals surface area contributed by atoms with Gasteiger partial charge in [-0.1, -0.05) is 24.6 Å². The summed E-state index contributed by atoms with van der Waals surface area (Å²) in [6.45, 7) is 3.57. The molecule has 0 saturated carbocycles. The van der Waals surface area contributed by atoms with Gasteiger partial charge < -0.3 is 5.32 Å². The van der Waals surface area contributed by atoms with Crippen LogP contribution >= 0.6 is 11.6 Å². The van der Waals surface area contributed by atoms with E-state index in [0.29, 0.717) is 18.5 Å². The monoisotopic (exact) mass is 308 g/mol. The molecule has 108 valence electrons. The van der Waals surface area contributed by atoms with Crippen LogP contribution in [0.2, 0.25) is 5.02 Å². The van der Waals surface area contributed by atoms with E-state index in [2.05, 4.69) is 10.0 Å². The molecule has 1 aromatic rings. The minimum atomic E-state index is -3.31. The van der Waals surface area contributed by atoms with Crippen molar-refractivity contribution in [2.45, 2.75) is 19.9 Å². The average molecular weight is 309 g/mol. The first-order valence-electron chi connectivity index (χ1n) is 6.06. The average Bonchev–Trinajstić information content (AvgIpc) is 2.36. The van der Waals surface area contributed by atoms with E-state index in [9.17, 15) is 12.8 Å². The van der Waals surface area contributed by atoms with Crippen LogP contribution in [0.15, 0.2) is 18.2 Å². The van der Waals surface area contributed by atoms with Crippen molar-refractivity contribution in [1.29, 1.82) is 0 Å². The van der Waals surface area contributed by atoms with Crippen LogP contribution in [0, 0.1) is 5.82 Å². The fourth-order valence-electron chi connectivity index (χ4n) is 1.48. The Morgan fingerprint density at radius 3 is 2.74 bits per heavy atom. The van der Waals surface area contributed by atoms with Crippen LogP contribution < -0.4 is 10.0 Å². The van der Waals surface area contributed by atoms with Gasteiger partial charge in [-0.3, -0.25) is 0 Å². The molecule has 0 aliphatic heterocycles. The van der Waals surface area contributed by atoms with E-state index in [0.717, 1.165) is 6.54 Å². The first kappa shape index (κ1) is 16.4. The van der Waals surface area contributed by atoms with E-state index in [4.69, 9.17) is 11.6 Å². The summed E-state index contributed by atoms with van der Waals surface area (Å²) in [7, 11) is -3.31. The maximum atomic E-state index is 12.9. The Kier molecular flexibility index (Phi) is 6.71. The van der Waals surface area contributed by atoms with Crippen molar-refractivity contribution in [3.8, 4) is 0 Å². The molecule has 0 amide bonds. The van der Waals surface area contributed by atoms with Gasteiger partial charge in [0.2, 0.25) is 10.0 Å². The zero-order valence-corrected chi connectivity index (χ0v) is 12.3. The highest BCUT2D eigenvalue weighted by Crippen LogP contribution is 2.15. The van der Waals surface area contributed by atoms with Crippen molar-refractivity contribution in [3.63, 3.8) is 0 Å². The SMILES string of the molecule is CCNCCCS(=O)(=O)NCc1ccc(F)c(Cl)c1.